The minimum absolute atomic E-state index is 0.309. The lowest BCUT2D eigenvalue weighted by atomic mass is 10.0. The summed E-state index contributed by atoms with van der Waals surface area (Å²) in [5, 5.41) is 1.93. The number of nitrogens with one attached hydrogen (secondary N) is 1. The lowest BCUT2D eigenvalue weighted by Crippen LogP contribution is -2.16. The number of rotatable bonds is 4. The molecule has 4 nitrogen and oxygen atoms in total. The van der Waals surface area contributed by atoms with Gasteiger partial charge in [0, 0.05) is 12.1 Å². The molecule has 0 aromatic heterocycles. The van der Waals surface area contributed by atoms with Crippen molar-refractivity contribution in [2.75, 3.05) is 14.2 Å². The smallest absolute Gasteiger partial charge is 0.314 e. The molecule has 0 atom stereocenters. The Morgan fingerprint density at radius 3 is 2.41 bits per heavy atom. The molecule has 0 aliphatic rings. The van der Waals surface area contributed by atoms with Crippen LogP contribution in [-0.4, -0.2) is 19.6 Å². The normalized spacial score (nSPS) is 9.94. The minimum Gasteiger partial charge on any atom is -0.496 e. The van der Waals surface area contributed by atoms with Crippen LogP contribution >= 0.6 is 11.6 Å². The highest BCUT2D eigenvalue weighted by Gasteiger charge is 2.13. The van der Waals surface area contributed by atoms with Crippen LogP contribution in [0.25, 0.3) is 0 Å². The van der Waals surface area contributed by atoms with E-state index in [2.05, 4.69) is 5.32 Å². The maximum Gasteiger partial charge on any atom is 0.314 e. The van der Waals surface area contributed by atoms with Gasteiger partial charge in [0.25, 0.3) is 0 Å². The van der Waals surface area contributed by atoms with Gasteiger partial charge in [-0.3, -0.25) is 4.79 Å². The first-order valence-electron chi connectivity index (χ1n) is 5.15. The number of methoxy groups -OCH3 is 2. The first-order chi connectivity index (χ1) is 8.01. The molecule has 0 bridgehead atoms. The number of carbonyl (C=O) groups excluding carboxylic acids is 1. The van der Waals surface area contributed by atoms with Gasteiger partial charge in [-0.15, -0.1) is 0 Å². The van der Waals surface area contributed by atoms with Gasteiger partial charge in [-0.25, -0.2) is 0 Å². The van der Waals surface area contributed by atoms with E-state index in [-0.39, 0.29) is 0 Å². The molecule has 0 aliphatic heterocycles. The van der Waals surface area contributed by atoms with Gasteiger partial charge in [0.05, 0.1) is 14.2 Å². The van der Waals surface area contributed by atoms with Gasteiger partial charge in [0.2, 0.25) is 0 Å². The lowest BCUT2D eigenvalue weighted by molar-refractivity contribution is 0.259. The number of hydrogen-bond donors (Lipinski definition) is 1. The van der Waals surface area contributed by atoms with Crippen LogP contribution in [0, 0.1) is 13.8 Å². The van der Waals surface area contributed by atoms with Crippen molar-refractivity contribution < 1.29 is 14.3 Å². The van der Waals surface area contributed by atoms with Crippen molar-refractivity contribution in [2.24, 2.45) is 0 Å². The molecule has 0 aliphatic carbocycles. The molecule has 94 valence electrons. The molecule has 17 heavy (non-hydrogen) atoms. The first kappa shape index (κ1) is 13.6. The highest BCUT2D eigenvalue weighted by molar-refractivity contribution is 6.62. The third kappa shape index (κ3) is 3.03. The van der Waals surface area contributed by atoms with Gasteiger partial charge in [0.1, 0.15) is 11.5 Å². The Hall–Kier alpha value is -1.42. The number of carbonyl (C=O) groups is 1. The molecule has 5 heteroatoms. The number of ether oxygens (including phenoxy) is 2. The van der Waals surface area contributed by atoms with E-state index in [9.17, 15) is 4.79 Å². The summed E-state index contributed by atoms with van der Waals surface area (Å²) in [6, 6.07) is 1.84. The highest BCUT2D eigenvalue weighted by atomic mass is 35.5. The van der Waals surface area contributed by atoms with Gasteiger partial charge in [-0.1, -0.05) is 0 Å². The van der Waals surface area contributed by atoms with Crippen LogP contribution in [0.2, 0.25) is 0 Å². The number of halogens is 1. The molecule has 0 radical (unpaired) electrons. The lowest BCUT2D eigenvalue weighted by Gasteiger charge is -2.16. The summed E-state index contributed by atoms with van der Waals surface area (Å²) in [5.74, 6) is 1.51. The van der Waals surface area contributed by atoms with Gasteiger partial charge in [-0.05, 0) is 42.6 Å². The summed E-state index contributed by atoms with van der Waals surface area (Å²) in [5.41, 5.74) is 2.84. The Morgan fingerprint density at radius 2 is 1.94 bits per heavy atom. The zero-order valence-corrected chi connectivity index (χ0v) is 11.1. The number of hydrogen-bond acceptors (Lipinski definition) is 3. The topological polar surface area (TPSA) is 47.6 Å². The van der Waals surface area contributed by atoms with Crippen LogP contribution in [0.1, 0.15) is 16.7 Å². The molecule has 1 aromatic carbocycles. The SMILES string of the molecule is COc1cc(CNC(=O)Cl)c(OC)c(C)c1C. The van der Waals surface area contributed by atoms with Gasteiger partial charge >= 0.3 is 5.37 Å². The average Bonchev–Trinajstić information content (AvgIpc) is 2.30. The fourth-order valence-electron chi connectivity index (χ4n) is 1.72. The fraction of sp³-hybridized carbons (Fsp3) is 0.417. The quantitative estimate of drug-likeness (QED) is 0.666. The molecular weight excluding hydrogens is 242 g/mol. The predicted molar refractivity (Wildman–Crippen MR) is 67.1 cm³/mol. The second kappa shape index (κ2) is 5.77. The van der Waals surface area contributed by atoms with E-state index in [1.165, 1.54) is 0 Å². The summed E-state index contributed by atoms with van der Waals surface area (Å²) in [6.07, 6.45) is 0. The molecule has 1 rings (SSSR count). The Balaban J connectivity index is 3.17. The molecular formula is C12H16ClNO3. The Labute approximate surface area is 106 Å². The largest absolute Gasteiger partial charge is 0.496 e. The van der Waals surface area contributed by atoms with Crippen molar-refractivity contribution in [2.45, 2.75) is 20.4 Å². The van der Waals surface area contributed by atoms with Crippen LogP contribution in [0.3, 0.4) is 0 Å². The zero-order chi connectivity index (χ0) is 13.0. The van der Waals surface area contributed by atoms with E-state index in [0.717, 1.165) is 28.2 Å². The second-order valence-electron chi connectivity index (χ2n) is 3.65. The fourth-order valence-corrected chi connectivity index (χ4v) is 1.79. The molecule has 1 N–H and O–H groups in total. The molecule has 0 spiro atoms. The molecule has 0 saturated carbocycles. The third-order valence-electron chi connectivity index (χ3n) is 2.71. The van der Waals surface area contributed by atoms with E-state index in [4.69, 9.17) is 21.1 Å². The maximum atomic E-state index is 10.7. The van der Waals surface area contributed by atoms with Gasteiger partial charge in [0.15, 0.2) is 0 Å². The van der Waals surface area contributed by atoms with E-state index in [0.29, 0.717) is 6.54 Å². The Morgan fingerprint density at radius 1 is 1.29 bits per heavy atom. The average molecular weight is 258 g/mol. The third-order valence-corrected chi connectivity index (χ3v) is 2.85. The van der Waals surface area contributed by atoms with Crippen molar-refractivity contribution in [1.82, 2.24) is 5.32 Å². The van der Waals surface area contributed by atoms with Crippen LogP contribution in [0.4, 0.5) is 4.79 Å². The molecule has 0 fully saturated rings. The molecule has 1 amide bonds. The summed E-state index contributed by atoms with van der Waals surface area (Å²) in [7, 11) is 3.21. The summed E-state index contributed by atoms with van der Waals surface area (Å²) in [6.45, 7) is 4.21. The molecule has 0 saturated heterocycles. The minimum atomic E-state index is -0.593. The molecule has 0 heterocycles. The zero-order valence-electron chi connectivity index (χ0n) is 10.4. The maximum absolute atomic E-state index is 10.7. The molecule has 1 aromatic rings. The van der Waals surface area contributed by atoms with Crippen molar-refractivity contribution >= 4 is 17.0 Å². The second-order valence-corrected chi connectivity index (χ2v) is 3.99. The van der Waals surface area contributed by atoms with Crippen molar-refractivity contribution in [3.05, 3.63) is 22.8 Å². The van der Waals surface area contributed by atoms with Crippen LogP contribution < -0.4 is 14.8 Å². The van der Waals surface area contributed by atoms with Crippen LogP contribution in [0.5, 0.6) is 11.5 Å². The van der Waals surface area contributed by atoms with E-state index >= 15 is 0 Å². The standard InChI is InChI=1S/C12H16ClNO3/c1-7-8(2)11(17-4)9(5-10(7)16-3)6-14-12(13)15/h5H,6H2,1-4H3,(H,14,15). The Kier molecular flexibility index (Phi) is 4.63. The Bertz CT molecular complexity index is 432. The number of amides is 1. The van der Waals surface area contributed by atoms with Gasteiger partial charge < -0.3 is 14.8 Å². The van der Waals surface area contributed by atoms with E-state index in [1.807, 2.05) is 19.9 Å². The summed E-state index contributed by atoms with van der Waals surface area (Å²) in [4.78, 5) is 10.7. The van der Waals surface area contributed by atoms with E-state index < -0.39 is 5.37 Å². The van der Waals surface area contributed by atoms with Crippen molar-refractivity contribution in [3.8, 4) is 11.5 Å². The van der Waals surface area contributed by atoms with Crippen molar-refractivity contribution in [1.29, 1.82) is 0 Å². The molecule has 0 unspecified atom stereocenters. The van der Waals surface area contributed by atoms with E-state index in [1.54, 1.807) is 14.2 Å². The van der Waals surface area contributed by atoms with Crippen LogP contribution in [-0.2, 0) is 6.54 Å². The monoisotopic (exact) mass is 257 g/mol. The van der Waals surface area contributed by atoms with Gasteiger partial charge in [-0.2, -0.15) is 0 Å². The predicted octanol–water partition coefficient (Wildman–Crippen LogP) is 2.77. The first-order valence-corrected chi connectivity index (χ1v) is 5.53. The van der Waals surface area contributed by atoms with Crippen molar-refractivity contribution in [3.63, 3.8) is 0 Å². The summed E-state index contributed by atoms with van der Waals surface area (Å²) < 4.78 is 10.6. The van der Waals surface area contributed by atoms with Crippen LogP contribution in [0.15, 0.2) is 6.07 Å². The highest BCUT2D eigenvalue weighted by Crippen LogP contribution is 2.33. The number of benzene rings is 1. The summed E-state index contributed by atoms with van der Waals surface area (Å²) >= 11 is 5.25.